The van der Waals surface area contributed by atoms with E-state index in [-0.39, 0.29) is 18.4 Å². The first-order valence-electron chi connectivity index (χ1n) is 8.36. The van der Waals surface area contributed by atoms with Crippen LogP contribution >= 0.6 is 0 Å². The summed E-state index contributed by atoms with van der Waals surface area (Å²) in [7, 11) is 0. The summed E-state index contributed by atoms with van der Waals surface area (Å²) in [5.74, 6) is -0.244. The summed E-state index contributed by atoms with van der Waals surface area (Å²) >= 11 is 0. The fraction of sp³-hybridized carbons (Fsp3) is 0.238. The van der Waals surface area contributed by atoms with Crippen LogP contribution < -0.4 is 0 Å². The lowest BCUT2D eigenvalue weighted by Crippen LogP contribution is -2.38. The number of rotatable bonds is 5. The zero-order chi connectivity index (χ0) is 17.8. The number of amides is 2. The summed E-state index contributed by atoms with van der Waals surface area (Å²) < 4.78 is 5.45. The summed E-state index contributed by atoms with van der Waals surface area (Å²) in [6.07, 6.45) is 1.75. The molecule has 1 aliphatic rings. The molecule has 4 nitrogen and oxygen atoms in total. The highest BCUT2D eigenvalue weighted by Crippen LogP contribution is 2.32. The molecule has 2 amide bonds. The standard InChI is InChI=1S/C21H21NO3/c1-3-8-16-9-7-10-17(13-16)14-19(23)22-15(2)20(25-21(22)24)18-11-5-4-6-12-18/h3-7,9-13,15,20H,1,8,14H2,2H3/t15-,20+/m0/s1. The van der Waals surface area contributed by atoms with Crippen LogP contribution in [-0.4, -0.2) is 22.9 Å². The zero-order valence-corrected chi connectivity index (χ0v) is 14.2. The Kier molecular flexibility index (Phi) is 4.98. The number of hydrogen-bond acceptors (Lipinski definition) is 3. The highest BCUT2D eigenvalue weighted by Gasteiger charge is 2.43. The van der Waals surface area contributed by atoms with E-state index in [4.69, 9.17) is 4.74 Å². The van der Waals surface area contributed by atoms with Crippen molar-refractivity contribution < 1.29 is 14.3 Å². The molecule has 0 spiro atoms. The van der Waals surface area contributed by atoms with Gasteiger partial charge in [0, 0.05) is 0 Å². The second-order valence-electron chi connectivity index (χ2n) is 6.21. The van der Waals surface area contributed by atoms with Crippen molar-refractivity contribution in [3.05, 3.63) is 83.9 Å². The smallest absolute Gasteiger partial charge is 0.417 e. The van der Waals surface area contributed by atoms with Gasteiger partial charge in [-0.15, -0.1) is 6.58 Å². The molecule has 3 rings (SSSR count). The van der Waals surface area contributed by atoms with Gasteiger partial charge in [-0.05, 0) is 30.0 Å². The highest BCUT2D eigenvalue weighted by atomic mass is 16.6. The van der Waals surface area contributed by atoms with Crippen molar-refractivity contribution in [2.24, 2.45) is 0 Å². The molecule has 1 heterocycles. The Hall–Kier alpha value is -2.88. The highest BCUT2D eigenvalue weighted by molar-refractivity contribution is 5.94. The van der Waals surface area contributed by atoms with Crippen molar-refractivity contribution in [3.8, 4) is 0 Å². The Morgan fingerprint density at radius 2 is 1.88 bits per heavy atom. The Morgan fingerprint density at radius 3 is 2.60 bits per heavy atom. The molecular weight excluding hydrogens is 314 g/mol. The van der Waals surface area contributed by atoms with Crippen molar-refractivity contribution in [1.29, 1.82) is 0 Å². The predicted molar refractivity (Wildman–Crippen MR) is 96.0 cm³/mol. The number of nitrogens with zero attached hydrogens (tertiary/aromatic N) is 1. The third-order valence-electron chi connectivity index (χ3n) is 4.39. The van der Waals surface area contributed by atoms with E-state index in [0.29, 0.717) is 0 Å². The minimum absolute atomic E-state index is 0.173. The van der Waals surface area contributed by atoms with E-state index in [2.05, 4.69) is 6.58 Å². The number of allylic oxidation sites excluding steroid dienone is 1. The Morgan fingerprint density at radius 1 is 1.16 bits per heavy atom. The van der Waals surface area contributed by atoms with Crippen LogP contribution in [-0.2, 0) is 22.4 Å². The maximum absolute atomic E-state index is 12.7. The lowest BCUT2D eigenvalue weighted by Gasteiger charge is -2.19. The van der Waals surface area contributed by atoms with Gasteiger partial charge in [-0.1, -0.05) is 60.7 Å². The van der Waals surface area contributed by atoms with Crippen molar-refractivity contribution in [1.82, 2.24) is 4.90 Å². The number of ether oxygens (including phenoxy) is 1. The fourth-order valence-electron chi connectivity index (χ4n) is 3.18. The molecule has 0 aromatic heterocycles. The average molecular weight is 335 g/mol. The van der Waals surface area contributed by atoms with E-state index in [1.54, 1.807) is 0 Å². The molecule has 0 aliphatic carbocycles. The van der Waals surface area contributed by atoms with Gasteiger partial charge in [0.1, 0.15) is 6.10 Å². The van der Waals surface area contributed by atoms with Crippen LogP contribution in [0.1, 0.15) is 29.7 Å². The third kappa shape index (κ3) is 3.63. The first-order chi connectivity index (χ1) is 12.1. The largest absolute Gasteiger partial charge is 0.439 e. The Bertz CT molecular complexity index is 785. The van der Waals surface area contributed by atoms with E-state index in [1.807, 2.05) is 67.6 Å². The van der Waals surface area contributed by atoms with Crippen LogP contribution in [0.25, 0.3) is 0 Å². The maximum Gasteiger partial charge on any atom is 0.417 e. The SMILES string of the molecule is C=CCc1cccc(CC(=O)N2C(=O)O[C@@H](c3ccccc3)[C@@H]2C)c1. The van der Waals surface area contributed by atoms with E-state index >= 15 is 0 Å². The number of hydrogen-bond donors (Lipinski definition) is 0. The third-order valence-corrected chi connectivity index (χ3v) is 4.39. The van der Waals surface area contributed by atoms with Crippen LogP contribution in [0.2, 0.25) is 0 Å². The normalized spacial score (nSPS) is 19.6. The minimum atomic E-state index is -0.575. The number of carbonyl (C=O) groups is 2. The predicted octanol–water partition coefficient (Wildman–Crippen LogP) is 4.07. The lowest BCUT2D eigenvalue weighted by molar-refractivity contribution is -0.128. The van der Waals surface area contributed by atoms with E-state index in [1.165, 1.54) is 4.90 Å². The van der Waals surface area contributed by atoms with Crippen LogP contribution in [0.5, 0.6) is 0 Å². The van der Waals surface area contributed by atoms with Gasteiger partial charge in [0.25, 0.3) is 0 Å². The summed E-state index contributed by atoms with van der Waals surface area (Å²) in [6.45, 7) is 5.57. The lowest BCUT2D eigenvalue weighted by atomic mass is 10.0. The summed E-state index contributed by atoms with van der Waals surface area (Å²) in [6, 6.07) is 16.9. The van der Waals surface area contributed by atoms with Crippen molar-refractivity contribution in [2.75, 3.05) is 0 Å². The van der Waals surface area contributed by atoms with Gasteiger partial charge in [0.2, 0.25) is 5.91 Å². The van der Waals surface area contributed by atoms with Crippen molar-refractivity contribution in [3.63, 3.8) is 0 Å². The Balaban J connectivity index is 1.75. The van der Waals surface area contributed by atoms with Gasteiger partial charge < -0.3 is 4.74 Å². The summed E-state index contributed by atoms with van der Waals surface area (Å²) in [5, 5.41) is 0. The monoisotopic (exact) mass is 335 g/mol. The first kappa shape index (κ1) is 17.0. The van der Waals surface area contributed by atoms with E-state index in [9.17, 15) is 9.59 Å². The van der Waals surface area contributed by atoms with Gasteiger partial charge in [-0.2, -0.15) is 0 Å². The van der Waals surface area contributed by atoms with Gasteiger partial charge in [-0.3, -0.25) is 4.79 Å². The molecule has 1 aliphatic heterocycles. The molecule has 128 valence electrons. The Labute approximate surface area is 147 Å². The molecule has 25 heavy (non-hydrogen) atoms. The minimum Gasteiger partial charge on any atom is -0.439 e. The molecular formula is C21H21NO3. The molecule has 1 fully saturated rings. The molecule has 0 unspecified atom stereocenters. The van der Waals surface area contributed by atoms with Crippen LogP contribution in [0.4, 0.5) is 4.79 Å². The molecule has 0 radical (unpaired) electrons. The molecule has 2 aromatic rings. The van der Waals surface area contributed by atoms with Crippen LogP contribution in [0.3, 0.4) is 0 Å². The number of imide groups is 1. The molecule has 1 saturated heterocycles. The second-order valence-corrected chi connectivity index (χ2v) is 6.21. The van der Waals surface area contributed by atoms with Gasteiger partial charge in [0.15, 0.2) is 0 Å². The molecule has 4 heteroatoms. The van der Waals surface area contributed by atoms with E-state index < -0.39 is 12.2 Å². The number of carbonyl (C=O) groups excluding carboxylic acids is 2. The van der Waals surface area contributed by atoms with Crippen molar-refractivity contribution >= 4 is 12.0 Å². The molecule has 2 aromatic carbocycles. The summed E-state index contributed by atoms with van der Waals surface area (Å²) in [5.41, 5.74) is 2.87. The molecule has 2 atom stereocenters. The molecule has 0 N–H and O–H groups in total. The van der Waals surface area contributed by atoms with Crippen LogP contribution in [0.15, 0.2) is 67.3 Å². The summed E-state index contributed by atoms with van der Waals surface area (Å²) in [4.78, 5) is 26.2. The molecule has 0 saturated carbocycles. The van der Waals surface area contributed by atoms with Crippen molar-refractivity contribution in [2.45, 2.75) is 31.9 Å². The van der Waals surface area contributed by atoms with Gasteiger partial charge in [-0.25, -0.2) is 9.69 Å². The van der Waals surface area contributed by atoms with Gasteiger partial charge >= 0.3 is 6.09 Å². The zero-order valence-electron chi connectivity index (χ0n) is 14.2. The quantitative estimate of drug-likeness (QED) is 0.774. The maximum atomic E-state index is 12.7. The average Bonchev–Trinajstić information content (AvgIpc) is 2.91. The van der Waals surface area contributed by atoms with E-state index in [0.717, 1.165) is 23.1 Å². The fourth-order valence-corrected chi connectivity index (χ4v) is 3.18. The van der Waals surface area contributed by atoms with Crippen LogP contribution in [0, 0.1) is 0 Å². The number of cyclic esters (lactones) is 1. The van der Waals surface area contributed by atoms with Gasteiger partial charge in [0.05, 0.1) is 12.5 Å². The topological polar surface area (TPSA) is 46.6 Å². The second kappa shape index (κ2) is 7.34. The first-order valence-corrected chi connectivity index (χ1v) is 8.36. The number of benzene rings is 2. The molecule has 0 bridgehead atoms.